The quantitative estimate of drug-likeness (QED) is 0.741. The van der Waals surface area contributed by atoms with Crippen LogP contribution in [0.25, 0.3) is 0 Å². The molecule has 0 spiro atoms. The Morgan fingerprint density at radius 1 is 1.09 bits per heavy atom. The summed E-state index contributed by atoms with van der Waals surface area (Å²) in [5, 5.41) is 2.02. The number of hydrogen-bond acceptors (Lipinski definition) is 3. The number of thiophene rings is 1. The van der Waals surface area contributed by atoms with Crippen LogP contribution in [0.5, 0.6) is 0 Å². The van der Waals surface area contributed by atoms with Crippen molar-refractivity contribution >= 4 is 37.3 Å². The lowest BCUT2D eigenvalue weighted by Gasteiger charge is -2.28. The number of rotatable bonds is 3. The molecule has 3 rings (SSSR count). The molecule has 1 atom stereocenters. The SMILES string of the molecule is O=S(=O)(c1ccc(Br)cc1)N1CCCCC[C@@H]1c1cccs1. The summed E-state index contributed by atoms with van der Waals surface area (Å²) < 4.78 is 28.7. The molecule has 0 amide bonds. The molecule has 0 N–H and O–H groups in total. The third-order valence-electron chi connectivity index (χ3n) is 4.00. The Morgan fingerprint density at radius 3 is 2.55 bits per heavy atom. The van der Waals surface area contributed by atoms with Gasteiger partial charge in [0, 0.05) is 15.9 Å². The topological polar surface area (TPSA) is 37.4 Å². The van der Waals surface area contributed by atoms with E-state index in [9.17, 15) is 8.42 Å². The average molecular weight is 400 g/mol. The van der Waals surface area contributed by atoms with E-state index >= 15 is 0 Å². The summed E-state index contributed by atoms with van der Waals surface area (Å²) in [5.41, 5.74) is 0. The summed E-state index contributed by atoms with van der Waals surface area (Å²) in [7, 11) is -3.46. The Bertz CT molecular complexity index is 711. The van der Waals surface area contributed by atoms with Crippen LogP contribution in [0.3, 0.4) is 0 Å². The Morgan fingerprint density at radius 2 is 1.86 bits per heavy atom. The van der Waals surface area contributed by atoms with Gasteiger partial charge in [0.15, 0.2) is 0 Å². The lowest BCUT2D eigenvalue weighted by Crippen LogP contribution is -2.34. The molecule has 1 aliphatic heterocycles. The van der Waals surface area contributed by atoms with Crippen molar-refractivity contribution in [2.75, 3.05) is 6.54 Å². The summed E-state index contributed by atoms with van der Waals surface area (Å²) in [6.07, 6.45) is 4.00. The molecule has 1 aromatic heterocycles. The second-order valence-electron chi connectivity index (χ2n) is 5.45. The summed E-state index contributed by atoms with van der Waals surface area (Å²) in [4.78, 5) is 1.52. The molecule has 0 aliphatic carbocycles. The van der Waals surface area contributed by atoms with Crippen LogP contribution in [0.1, 0.15) is 36.6 Å². The predicted molar refractivity (Wildman–Crippen MR) is 93.6 cm³/mol. The fourth-order valence-electron chi connectivity index (χ4n) is 2.88. The van der Waals surface area contributed by atoms with Crippen molar-refractivity contribution < 1.29 is 8.42 Å². The van der Waals surface area contributed by atoms with E-state index in [4.69, 9.17) is 0 Å². The molecule has 1 aliphatic rings. The lowest BCUT2D eigenvalue weighted by atomic mass is 10.1. The van der Waals surface area contributed by atoms with Crippen LogP contribution in [0.4, 0.5) is 0 Å². The molecular formula is C16H18BrNO2S2. The van der Waals surface area contributed by atoms with Gasteiger partial charge in [0.05, 0.1) is 10.9 Å². The highest BCUT2D eigenvalue weighted by molar-refractivity contribution is 9.10. The maximum absolute atomic E-state index is 13.1. The minimum absolute atomic E-state index is 0.0313. The number of benzene rings is 1. The molecule has 0 unspecified atom stereocenters. The van der Waals surface area contributed by atoms with Gasteiger partial charge in [0.25, 0.3) is 0 Å². The first-order chi connectivity index (χ1) is 10.6. The third kappa shape index (κ3) is 3.30. The van der Waals surface area contributed by atoms with Crippen molar-refractivity contribution in [2.24, 2.45) is 0 Å². The highest BCUT2D eigenvalue weighted by atomic mass is 79.9. The smallest absolute Gasteiger partial charge is 0.207 e. The fraction of sp³-hybridized carbons (Fsp3) is 0.375. The maximum Gasteiger partial charge on any atom is 0.243 e. The highest BCUT2D eigenvalue weighted by Crippen LogP contribution is 2.36. The van der Waals surface area contributed by atoms with Crippen LogP contribution in [-0.4, -0.2) is 19.3 Å². The number of halogens is 1. The monoisotopic (exact) mass is 399 g/mol. The molecule has 1 fully saturated rings. The van der Waals surface area contributed by atoms with Crippen molar-refractivity contribution in [2.45, 2.75) is 36.6 Å². The first-order valence-electron chi connectivity index (χ1n) is 7.40. The van der Waals surface area contributed by atoms with E-state index in [1.165, 1.54) is 0 Å². The number of sulfonamides is 1. The van der Waals surface area contributed by atoms with Gasteiger partial charge < -0.3 is 0 Å². The van der Waals surface area contributed by atoms with Gasteiger partial charge in [-0.15, -0.1) is 11.3 Å². The van der Waals surface area contributed by atoms with Gasteiger partial charge in [-0.05, 0) is 48.6 Å². The zero-order valence-corrected chi connectivity index (χ0v) is 15.3. The first-order valence-corrected chi connectivity index (χ1v) is 10.5. The minimum atomic E-state index is -3.46. The molecule has 0 saturated carbocycles. The number of nitrogens with zero attached hydrogens (tertiary/aromatic N) is 1. The van der Waals surface area contributed by atoms with E-state index in [0.717, 1.165) is 35.0 Å². The van der Waals surface area contributed by atoms with Crippen molar-refractivity contribution in [1.29, 1.82) is 0 Å². The van der Waals surface area contributed by atoms with Gasteiger partial charge in [0.1, 0.15) is 0 Å². The summed E-state index contributed by atoms with van der Waals surface area (Å²) in [5.74, 6) is 0. The fourth-order valence-corrected chi connectivity index (χ4v) is 5.76. The predicted octanol–water partition coefficient (Wildman–Crippen LogP) is 4.82. The van der Waals surface area contributed by atoms with Crippen molar-refractivity contribution in [1.82, 2.24) is 4.31 Å². The summed E-state index contributed by atoms with van der Waals surface area (Å²) >= 11 is 5.00. The van der Waals surface area contributed by atoms with Crippen LogP contribution in [-0.2, 0) is 10.0 Å². The Balaban J connectivity index is 1.99. The van der Waals surface area contributed by atoms with Crippen molar-refractivity contribution in [3.8, 4) is 0 Å². The summed E-state index contributed by atoms with van der Waals surface area (Å²) in [6.45, 7) is 0.598. The molecule has 0 radical (unpaired) electrons. The van der Waals surface area contributed by atoms with Gasteiger partial charge in [-0.3, -0.25) is 0 Å². The Hall–Kier alpha value is -0.690. The molecule has 118 valence electrons. The summed E-state index contributed by atoms with van der Waals surface area (Å²) in [6, 6.07) is 10.9. The van der Waals surface area contributed by atoms with Crippen LogP contribution in [0.2, 0.25) is 0 Å². The largest absolute Gasteiger partial charge is 0.243 e. The highest BCUT2D eigenvalue weighted by Gasteiger charge is 2.33. The molecular weight excluding hydrogens is 382 g/mol. The second-order valence-corrected chi connectivity index (χ2v) is 9.24. The third-order valence-corrected chi connectivity index (χ3v) is 7.42. The van der Waals surface area contributed by atoms with E-state index in [0.29, 0.717) is 11.4 Å². The molecule has 2 heterocycles. The van der Waals surface area contributed by atoms with Crippen LogP contribution in [0.15, 0.2) is 51.1 Å². The molecule has 3 nitrogen and oxygen atoms in total. The molecule has 1 saturated heterocycles. The van der Waals surface area contributed by atoms with Gasteiger partial charge in [0.2, 0.25) is 10.0 Å². The van der Waals surface area contributed by atoms with Gasteiger partial charge in [-0.2, -0.15) is 4.31 Å². The van der Waals surface area contributed by atoms with Crippen LogP contribution < -0.4 is 0 Å². The molecule has 1 aromatic carbocycles. The van der Waals surface area contributed by atoms with E-state index in [1.54, 1.807) is 39.9 Å². The van der Waals surface area contributed by atoms with E-state index in [1.807, 2.05) is 17.5 Å². The minimum Gasteiger partial charge on any atom is -0.207 e. The van der Waals surface area contributed by atoms with E-state index in [2.05, 4.69) is 15.9 Å². The zero-order chi connectivity index (χ0) is 15.6. The molecule has 22 heavy (non-hydrogen) atoms. The van der Waals surface area contributed by atoms with Gasteiger partial charge in [-0.1, -0.05) is 34.8 Å². The zero-order valence-electron chi connectivity index (χ0n) is 12.1. The van der Waals surface area contributed by atoms with Crippen LogP contribution >= 0.6 is 27.3 Å². The molecule has 2 aromatic rings. The van der Waals surface area contributed by atoms with Crippen molar-refractivity contribution in [3.05, 3.63) is 51.1 Å². The maximum atomic E-state index is 13.1. The van der Waals surface area contributed by atoms with Crippen molar-refractivity contribution in [3.63, 3.8) is 0 Å². The standard InChI is InChI=1S/C16H18BrNO2S2/c17-13-7-9-14(10-8-13)22(19,20)18-11-3-1-2-5-15(18)16-6-4-12-21-16/h4,6-10,12,15H,1-3,5,11H2/t15-/m1/s1. The normalized spacial score (nSPS) is 20.7. The Labute approximate surface area is 144 Å². The number of hydrogen-bond donors (Lipinski definition) is 0. The van der Waals surface area contributed by atoms with E-state index in [-0.39, 0.29) is 6.04 Å². The van der Waals surface area contributed by atoms with Gasteiger partial charge in [-0.25, -0.2) is 8.42 Å². The van der Waals surface area contributed by atoms with Crippen LogP contribution in [0, 0.1) is 0 Å². The van der Waals surface area contributed by atoms with E-state index < -0.39 is 10.0 Å². The second kappa shape index (κ2) is 6.83. The molecule has 6 heteroatoms. The molecule has 0 bridgehead atoms. The Kier molecular flexibility index (Phi) is 5.02. The van der Waals surface area contributed by atoms with Gasteiger partial charge >= 0.3 is 0 Å². The average Bonchev–Trinajstić information content (AvgIpc) is 2.91. The lowest BCUT2D eigenvalue weighted by molar-refractivity contribution is 0.333. The first kappa shape index (κ1) is 16.2.